The highest BCUT2D eigenvalue weighted by molar-refractivity contribution is 7.80. The monoisotopic (exact) mass is 1800 g/mol. The first-order valence-corrected chi connectivity index (χ1v) is 43.9. The van der Waals surface area contributed by atoms with E-state index in [-0.39, 0.29) is 126 Å². The molecule has 3 aromatic rings. The zero-order valence-corrected chi connectivity index (χ0v) is 75.0. The summed E-state index contributed by atoms with van der Waals surface area (Å²) in [6.07, 6.45) is 5.39. The summed E-state index contributed by atoms with van der Waals surface area (Å²) in [5.74, 6) is -14.6. The molecule has 27 N–H and O–H groups in total. The molecule has 17 atom stereocenters. The van der Waals surface area contributed by atoms with Crippen molar-refractivity contribution in [3.05, 3.63) is 83.9 Å². The van der Waals surface area contributed by atoms with Gasteiger partial charge < -0.3 is 123 Å². The predicted molar refractivity (Wildman–Crippen MR) is 474 cm³/mol. The number of likely N-dealkylation sites (tertiary alicyclic amines) is 2. The number of imidazole rings is 1. The minimum atomic E-state index is -1.45. The van der Waals surface area contributed by atoms with Gasteiger partial charge in [-0.1, -0.05) is 96.8 Å². The van der Waals surface area contributed by atoms with Crippen LogP contribution >= 0.6 is 12.6 Å². The van der Waals surface area contributed by atoms with E-state index in [1.165, 1.54) is 74.3 Å². The molecule has 5 rings (SSSR count). The van der Waals surface area contributed by atoms with E-state index in [0.717, 1.165) is 0 Å². The third-order valence-corrected chi connectivity index (χ3v) is 22.4. The van der Waals surface area contributed by atoms with Crippen molar-refractivity contribution in [2.24, 2.45) is 40.7 Å². The van der Waals surface area contributed by atoms with E-state index in [0.29, 0.717) is 61.9 Å². The number of carbonyl (C=O) groups is 16. The Morgan fingerprint density at radius 2 is 0.890 bits per heavy atom. The van der Waals surface area contributed by atoms with E-state index in [4.69, 9.17) is 33.8 Å². The first-order chi connectivity index (χ1) is 60.2. The molecule has 2 aliphatic rings. The maximum atomic E-state index is 15.0. The molecule has 2 saturated heterocycles. The number of H-pyrrole nitrogens is 1. The van der Waals surface area contributed by atoms with Gasteiger partial charge in [0, 0.05) is 70.0 Å². The number of thiol groups is 1. The second-order valence-electron chi connectivity index (χ2n) is 32.8. The number of guanidine groups is 2. The number of primary amides is 1. The van der Waals surface area contributed by atoms with Crippen LogP contribution in [0.2, 0.25) is 0 Å². The van der Waals surface area contributed by atoms with E-state index >= 15 is 9.59 Å². The molecule has 0 saturated carbocycles. The minimum Gasteiger partial charge on any atom is -0.508 e. The lowest BCUT2D eigenvalue weighted by Gasteiger charge is -2.33. The lowest BCUT2D eigenvalue weighted by molar-refractivity contribution is -0.145. The molecule has 16 amide bonds. The van der Waals surface area contributed by atoms with Crippen LogP contribution in [0.4, 0.5) is 0 Å². The number of rotatable bonds is 53. The first kappa shape index (κ1) is 105. The first-order valence-electron chi connectivity index (χ1n) is 43.3. The number of nitrogens with two attached hydrogens (primary N) is 4. The number of carbonyl (C=O) groups excluding carboxylic acids is 16. The van der Waals surface area contributed by atoms with Gasteiger partial charge >= 0.3 is 0 Å². The summed E-state index contributed by atoms with van der Waals surface area (Å²) in [5, 5.41) is 65.7. The maximum Gasteiger partial charge on any atom is 0.245 e. The van der Waals surface area contributed by atoms with Crippen molar-refractivity contribution in [2.45, 2.75) is 269 Å². The molecule has 3 heterocycles. The van der Waals surface area contributed by atoms with Crippen LogP contribution in [-0.2, 0) is 96.0 Å². The van der Waals surface area contributed by atoms with Crippen molar-refractivity contribution < 1.29 is 81.8 Å². The van der Waals surface area contributed by atoms with Crippen molar-refractivity contribution in [1.29, 1.82) is 10.8 Å². The third-order valence-electron chi connectivity index (χ3n) is 22.1. The van der Waals surface area contributed by atoms with Crippen molar-refractivity contribution in [1.82, 2.24) is 99.5 Å². The summed E-state index contributed by atoms with van der Waals surface area (Å²) in [5.41, 5.74) is 23.9. The maximum absolute atomic E-state index is 15.0. The van der Waals surface area contributed by atoms with Gasteiger partial charge in [0.25, 0.3) is 0 Å². The summed E-state index contributed by atoms with van der Waals surface area (Å²) in [6.45, 7) is 16.4. The molecule has 0 aliphatic carbocycles. The second kappa shape index (κ2) is 53.3. The highest BCUT2D eigenvalue weighted by Crippen LogP contribution is 2.25. The van der Waals surface area contributed by atoms with Crippen LogP contribution in [0.15, 0.2) is 67.1 Å². The zero-order chi connectivity index (χ0) is 94.3. The van der Waals surface area contributed by atoms with Crippen molar-refractivity contribution in [2.75, 3.05) is 38.5 Å². The smallest absolute Gasteiger partial charge is 0.245 e. The Hall–Kier alpha value is -12.2. The largest absolute Gasteiger partial charge is 0.508 e. The van der Waals surface area contributed by atoms with Gasteiger partial charge in [-0.15, -0.1) is 0 Å². The van der Waals surface area contributed by atoms with Crippen molar-refractivity contribution >= 4 is 119 Å². The normalized spacial score (nSPS) is 17.1. The van der Waals surface area contributed by atoms with Gasteiger partial charge in [-0.25, -0.2) is 4.98 Å². The summed E-state index contributed by atoms with van der Waals surface area (Å²) in [4.78, 5) is 235. The zero-order valence-electron chi connectivity index (χ0n) is 74.1. The van der Waals surface area contributed by atoms with Crippen LogP contribution in [0, 0.1) is 28.6 Å². The lowest BCUT2D eigenvalue weighted by Crippen LogP contribution is -2.61. The topological polar surface area (TPSA) is 661 Å². The molecule has 0 spiro atoms. The van der Waals surface area contributed by atoms with Gasteiger partial charge in [0.2, 0.25) is 94.5 Å². The van der Waals surface area contributed by atoms with Gasteiger partial charge in [-0.05, 0) is 145 Å². The SMILES string of the molecule is CC[C@H](C)[C@H](NC(=O)[C@H](Cc1ccc(O)cc1)NC(=O)[C@H](C)NC(=O)[C@H](Cc1ccccc1)NC(=O)[C@H](CS)NC(C)=O)C(=O)N[C@@H](C)C(=O)N[C@@H](CCCNC(=N)N)C(=O)N1CCC[C@H]1C(=O)N[C@@H](CC(C)C)C(=O)N1CCC[C@H]1C(=O)N[C@@H](CCCNC(=N)N)C(=O)N[C@@H](C)C(=O)N[C@@H](Cc1cnc[nH]1)C(=O)N[C@H](C(=O)N[C@@H](CCCCN)C(N)=O)[C@@H](C)CC. The van der Waals surface area contributed by atoms with Gasteiger partial charge in [0.05, 0.1) is 6.33 Å². The fourth-order valence-electron chi connectivity index (χ4n) is 14.5. The van der Waals surface area contributed by atoms with Crippen LogP contribution < -0.4 is 103 Å². The minimum absolute atomic E-state index is 0.0245. The number of phenols is 1. The van der Waals surface area contributed by atoms with Gasteiger partial charge in [-0.3, -0.25) is 87.5 Å². The van der Waals surface area contributed by atoms with E-state index < -0.39 is 197 Å². The van der Waals surface area contributed by atoms with Gasteiger partial charge in [-0.2, -0.15) is 12.6 Å². The predicted octanol–water partition coefficient (Wildman–Crippen LogP) is -3.28. The van der Waals surface area contributed by atoms with Crippen LogP contribution in [0.25, 0.3) is 0 Å². The highest BCUT2D eigenvalue weighted by atomic mass is 32.1. The fraction of sp³-hybridized carbons (Fsp3) is 0.607. The van der Waals surface area contributed by atoms with Crippen LogP contribution in [-0.4, -0.2) is 260 Å². The number of hydrogen-bond acceptors (Lipinski definition) is 22. The Morgan fingerprint density at radius 1 is 0.480 bits per heavy atom. The van der Waals surface area contributed by atoms with E-state index in [1.807, 2.05) is 13.8 Å². The summed E-state index contributed by atoms with van der Waals surface area (Å²) in [6, 6.07) is -4.99. The molecular weight excluding hydrogens is 1660 g/mol. The molecule has 0 unspecified atom stereocenters. The Morgan fingerprint density at radius 3 is 1.34 bits per heavy atom. The quantitative estimate of drug-likeness (QED) is 0.0114. The average Bonchev–Trinajstić information content (AvgIpc) is 1.70. The van der Waals surface area contributed by atoms with E-state index in [9.17, 15) is 72.2 Å². The summed E-state index contributed by atoms with van der Waals surface area (Å²) < 4.78 is 0. The molecule has 0 bridgehead atoms. The van der Waals surface area contributed by atoms with E-state index in [1.54, 1.807) is 58.0 Å². The van der Waals surface area contributed by atoms with Crippen LogP contribution in [0.1, 0.15) is 176 Å². The number of hydrogen-bond donors (Lipinski definition) is 24. The number of phenolic OH excluding ortho intramolecular Hbond substituents is 1. The molecule has 702 valence electrons. The molecule has 1 aromatic heterocycles. The van der Waals surface area contributed by atoms with Gasteiger partial charge in [0.1, 0.15) is 96.4 Å². The Kier molecular flexibility index (Phi) is 44.2. The standard InChI is InChI=1S/C84H133N25O17S/c1-11-46(5)66(106-74(118)60(40-53-29-31-55(111)32-30-53)102-70(114)49(8)96-73(117)59(39-52-22-14-13-15-23-52)104-76(120)63(43-127)98-51(10)110)79(123)97-50(9)69(113)101-58(26-19-35-93-84(89)90)81(125)108-36-20-28-65(108)78(122)105-62(38-45(3)4)82(126)109-37-21-27-64(109)77(121)100-57(25-18-34-92-83(87)88)72(116)95-48(7)71(115)103-61(41-54-42-91-44-94-54)75(119)107-67(47(6)12-2)80(124)99-56(68(86)112)24-16-17-33-85/h13-15,22-23,29-32,42,44-50,56-67,111,127H,11-12,16-21,24-28,33-41,43,85H2,1-10H3,(H2,86,112)(H,91,94)(H,95,116)(H,96,117)(H,97,123)(H,98,110)(H,99,124)(H,100,121)(H,101,113)(H,102,114)(H,103,115)(H,104,120)(H,105,122)(H,106,118)(H,107,119)(H4,87,88,92)(H4,89,90,93)/t46-,47-,48-,49-,50-,56-,57-,58-,59-,60-,61-,62-,63-,64-,65-,66-,67-/m0/s1. The third kappa shape index (κ3) is 34.9. The molecule has 0 radical (unpaired) electrons. The molecule has 2 aliphatic heterocycles. The number of aromatic hydroxyl groups is 1. The second-order valence-corrected chi connectivity index (χ2v) is 33.2. The number of unbranched alkanes of at least 4 members (excludes halogenated alkanes) is 1. The number of benzene rings is 2. The highest BCUT2D eigenvalue weighted by Gasteiger charge is 2.44. The summed E-state index contributed by atoms with van der Waals surface area (Å²) >= 11 is 4.19. The van der Waals surface area contributed by atoms with Crippen molar-refractivity contribution in [3.63, 3.8) is 0 Å². The van der Waals surface area contributed by atoms with Crippen molar-refractivity contribution in [3.8, 4) is 5.75 Å². The fourth-order valence-corrected chi connectivity index (χ4v) is 14.7. The molecule has 43 heteroatoms. The lowest BCUT2D eigenvalue weighted by atomic mass is 9.96. The van der Waals surface area contributed by atoms with E-state index in [2.05, 4.69) is 102 Å². The number of nitrogens with zero attached hydrogens (tertiary/aromatic N) is 3. The number of amides is 16. The van der Waals surface area contributed by atoms with Gasteiger partial charge in [0.15, 0.2) is 11.9 Å². The molecule has 42 nitrogen and oxygen atoms in total. The molecular formula is C84H133N25O17S. The number of aromatic amines is 1. The number of nitrogens with one attached hydrogen (secondary N) is 18. The summed E-state index contributed by atoms with van der Waals surface area (Å²) in [7, 11) is 0. The Labute approximate surface area is 745 Å². The average molecular weight is 1800 g/mol. The molecule has 127 heavy (non-hydrogen) atoms. The Bertz CT molecular complexity index is 4220. The molecule has 2 fully saturated rings. The molecule has 2 aromatic carbocycles. The van der Waals surface area contributed by atoms with Crippen LogP contribution in [0.3, 0.4) is 0 Å². The van der Waals surface area contributed by atoms with Crippen LogP contribution in [0.5, 0.6) is 5.75 Å². The Balaban J connectivity index is 1.31. The number of aromatic nitrogens is 2.